The van der Waals surface area contributed by atoms with Gasteiger partial charge >= 0.3 is 0 Å². The van der Waals surface area contributed by atoms with E-state index in [9.17, 15) is 0 Å². The lowest BCUT2D eigenvalue weighted by Gasteiger charge is -2.46. The molecule has 3 aliphatic carbocycles. The van der Waals surface area contributed by atoms with E-state index in [1.807, 2.05) is 0 Å². The number of hydrazine groups is 2. The molecule has 4 N–H and O–H groups in total. The van der Waals surface area contributed by atoms with E-state index in [1.165, 1.54) is 32.1 Å². The van der Waals surface area contributed by atoms with Crippen molar-refractivity contribution < 1.29 is 0 Å². The van der Waals surface area contributed by atoms with Crippen molar-refractivity contribution in [3.05, 3.63) is 0 Å². The molecule has 0 unspecified atom stereocenters. The Labute approximate surface area is 101 Å². The normalized spacial score (nSPS) is 47.9. The van der Waals surface area contributed by atoms with Gasteiger partial charge in [0.1, 0.15) is 5.66 Å². The first-order chi connectivity index (χ1) is 7.78. The molecule has 4 rings (SSSR count). The van der Waals surface area contributed by atoms with Gasteiger partial charge in [-0.3, -0.25) is 10.9 Å². The van der Waals surface area contributed by atoms with Gasteiger partial charge < -0.3 is 0 Å². The minimum atomic E-state index is 0.0541. The molecule has 1 aliphatic heterocycles. The van der Waals surface area contributed by atoms with Gasteiger partial charge in [0.2, 0.25) is 0 Å². The maximum absolute atomic E-state index is 5.06. The van der Waals surface area contributed by atoms with Crippen molar-refractivity contribution in [3.8, 4) is 0 Å². The SMILES string of the molecule is S=C1NNC2(C[C@@H]3C[C@H]2[C@H]2CCC[C@@H]32)NN1. The lowest BCUT2D eigenvalue weighted by molar-refractivity contribution is 0.0646. The van der Waals surface area contributed by atoms with E-state index in [0.29, 0.717) is 5.11 Å². The fraction of sp³-hybridized carbons (Fsp3) is 0.909. The van der Waals surface area contributed by atoms with Gasteiger partial charge in [-0.2, -0.15) is 0 Å². The molecule has 4 nitrogen and oxygen atoms in total. The van der Waals surface area contributed by atoms with Crippen molar-refractivity contribution in [3.63, 3.8) is 0 Å². The van der Waals surface area contributed by atoms with E-state index < -0.39 is 0 Å². The molecular weight excluding hydrogens is 220 g/mol. The van der Waals surface area contributed by atoms with Crippen LogP contribution in [0, 0.1) is 23.7 Å². The Morgan fingerprint density at radius 2 is 1.88 bits per heavy atom. The Hall–Kier alpha value is -0.390. The highest BCUT2D eigenvalue weighted by molar-refractivity contribution is 7.80. The van der Waals surface area contributed by atoms with Gasteiger partial charge in [-0.1, -0.05) is 6.42 Å². The van der Waals surface area contributed by atoms with Crippen LogP contribution in [0.25, 0.3) is 0 Å². The molecule has 1 heterocycles. The second-order valence-electron chi connectivity index (χ2n) is 5.87. The van der Waals surface area contributed by atoms with Gasteiger partial charge in [0.15, 0.2) is 5.11 Å². The predicted molar refractivity (Wildman–Crippen MR) is 64.9 cm³/mol. The molecule has 2 bridgehead atoms. The van der Waals surface area contributed by atoms with Crippen LogP contribution in [-0.4, -0.2) is 10.8 Å². The Kier molecular flexibility index (Phi) is 1.86. The number of thiocarbonyl (C=S) groups is 1. The Balaban J connectivity index is 1.61. The molecule has 1 saturated heterocycles. The van der Waals surface area contributed by atoms with Crippen LogP contribution in [-0.2, 0) is 0 Å². The van der Waals surface area contributed by atoms with Gasteiger partial charge in [-0.25, -0.2) is 10.9 Å². The predicted octanol–water partition coefficient (Wildman–Crippen LogP) is 0.626. The Bertz CT molecular complexity index is 335. The maximum Gasteiger partial charge on any atom is 0.195 e. The zero-order valence-corrected chi connectivity index (χ0v) is 10.1. The minimum absolute atomic E-state index is 0.0541. The van der Waals surface area contributed by atoms with E-state index >= 15 is 0 Å². The zero-order valence-electron chi connectivity index (χ0n) is 9.25. The molecule has 1 spiro atoms. The summed E-state index contributed by atoms with van der Waals surface area (Å²) in [6, 6.07) is 0. The molecule has 4 aliphatic rings. The highest BCUT2D eigenvalue weighted by Gasteiger charge is 2.61. The summed E-state index contributed by atoms with van der Waals surface area (Å²) in [6.45, 7) is 0. The van der Waals surface area contributed by atoms with Crippen molar-refractivity contribution >= 4 is 17.3 Å². The Morgan fingerprint density at radius 1 is 1.12 bits per heavy atom. The van der Waals surface area contributed by atoms with Crippen molar-refractivity contribution in [1.29, 1.82) is 0 Å². The van der Waals surface area contributed by atoms with E-state index in [0.717, 1.165) is 23.7 Å². The molecule has 0 amide bonds. The first-order valence-electron chi connectivity index (χ1n) is 6.39. The number of rotatable bonds is 0. The summed E-state index contributed by atoms with van der Waals surface area (Å²) in [6.07, 6.45) is 6.98. The maximum atomic E-state index is 5.06. The molecule has 88 valence electrons. The quantitative estimate of drug-likeness (QED) is 0.466. The average molecular weight is 238 g/mol. The smallest absolute Gasteiger partial charge is 0.195 e. The highest BCUT2D eigenvalue weighted by atomic mass is 32.1. The third-order valence-electron chi connectivity index (χ3n) is 5.32. The zero-order chi connectivity index (χ0) is 10.8. The molecule has 0 aromatic carbocycles. The Morgan fingerprint density at radius 3 is 2.69 bits per heavy atom. The van der Waals surface area contributed by atoms with Crippen LogP contribution >= 0.6 is 12.2 Å². The number of nitrogens with one attached hydrogen (secondary N) is 4. The van der Waals surface area contributed by atoms with Gasteiger partial charge in [0, 0.05) is 0 Å². The van der Waals surface area contributed by atoms with E-state index in [2.05, 4.69) is 21.7 Å². The molecule has 5 heteroatoms. The van der Waals surface area contributed by atoms with Crippen LogP contribution in [0.1, 0.15) is 32.1 Å². The molecular formula is C11H18N4S. The third kappa shape index (κ3) is 1.09. The summed E-state index contributed by atoms with van der Waals surface area (Å²) in [4.78, 5) is 0. The van der Waals surface area contributed by atoms with Crippen molar-refractivity contribution in [1.82, 2.24) is 21.7 Å². The van der Waals surface area contributed by atoms with Crippen LogP contribution in [0.3, 0.4) is 0 Å². The fourth-order valence-corrected chi connectivity index (χ4v) is 4.93. The van der Waals surface area contributed by atoms with Gasteiger partial charge in [0.05, 0.1) is 0 Å². The fourth-order valence-electron chi connectivity index (χ4n) is 4.83. The van der Waals surface area contributed by atoms with Crippen molar-refractivity contribution in [2.24, 2.45) is 23.7 Å². The first kappa shape index (κ1) is 9.62. The molecule has 0 aromatic rings. The molecule has 4 fully saturated rings. The number of fused-ring (bicyclic) bond motifs is 6. The molecule has 16 heavy (non-hydrogen) atoms. The van der Waals surface area contributed by atoms with Crippen LogP contribution in [0.4, 0.5) is 0 Å². The van der Waals surface area contributed by atoms with Crippen LogP contribution in [0.2, 0.25) is 0 Å². The summed E-state index contributed by atoms with van der Waals surface area (Å²) in [7, 11) is 0. The van der Waals surface area contributed by atoms with E-state index in [-0.39, 0.29) is 5.66 Å². The number of hydrogen-bond acceptors (Lipinski definition) is 3. The summed E-state index contributed by atoms with van der Waals surface area (Å²) in [5, 5.41) is 0.649. The molecule has 0 radical (unpaired) electrons. The van der Waals surface area contributed by atoms with Crippen molar-refractivity contribution in [2.75, 3.05) is 0 Å². The van der Waals surface area contributed by atoms with Crippen LogP contribution in [0.15, 0.2) is 0 Å². The summed E-state index contributed by atoms with van der Waals surface area (Å²) < 4.78 is 0. The first-order valence-corrected chi connectivity index (χ1v) is 6.80. The lowest BCUT2D eigenvalue weighted by Crippen LogP contribution is -2.76. The van der Waals surface area contributed by atoms with E-state index in [4.69, 9.17) is 12.2 Å². The highest BCUT2D eigenvalue weighted by Crippen LogP contribution is 2.61. The minimum Gasteiger partial charge on any atom is -0.295 e. The van der Waals surface area contributed by atoms with E-state index in [1.54, 1.807) is 0 Å². The largest absolute Gasteiger partial charge is 0.295 e. The van der Waals surface area contributed by atoms with Gasteiger partial charge in [0.25, 0.3) is 0 Å². The summed E-state index contributed by atoms with van der Waals surface area (Å²) in [5.41, 5.74) is 13.1. The molecule has 0 aromatic heterocycles. The van der Waals surface area contributed by atoms with Gasteiger partial charge in [-0.15, -0.1) is 0 Å². The van der Waals surface area contributed by atoms with Crippen LogP contribution < -0.4 is 21.7 Å². The topological polar surface area (TPSA) is 48.1 Å². The monoisotopic (exact) mass is 238 g/mol. The standard InChI is InChI=1S/C11H18N4S/c16-10-12-14-11(15-13-10)5-6-4-9(11)8-3-1-2-7(6)8/h6-9,14-15H,1-5H2,(H2,12,13,16)/t6-,7-,8-,9-/m0/s1. The van der Waals surface area contributed by atoms with Gasteiger partial charge in [-0.05, 0) is 61.6 Å². The third-order valence-corrected chi connectivity index (χ3v) is 5.52. The second-order valence-corrected chi connectivity index (χ2v) is 6.27. The molecule has 4 atom stereocenters. The lowest BCUT2D eigenvalue weighted by atomic mass is 9.76. The summed E-state index contributed by atoms with van der Waals surface area (Å²) >= 11 is 5.06. The molecule has 3 saturated carbocycles. The summed E-state index contributed by atoms with van der Waals surface area (Å²) in [5.74, 6) is 3.66. The van der Waals surface area contributed by atoms with Crippen molar-refractivity contribution in [2.45, 2.75) is 37.8 Å². The average Bonchev–Trinajstić information content (AvgIpc) is 2.93. The number of hydrogen-bond donors (Lipinski definition) is 4. The van der Waals surface area contributed by atoms with Crippen LogP contribution in [0.5, 0.6) is 0 Å². The second kappa shape index (κ2) is 3.09.